The highest BCUT2D eigenvalue weighted by atomic mass is 19.2. The van der Waals surface area contributed by atoms with Gasteiger partial charge in [-0.25, -0.2) is 22.0 Å². The molecule has 1 aromatic heterocycles. The zero-order chi connectivity index (χ0) is 13.4. The Labute approximate surface area is 97.3 Å². The van der Waals surface area contributed by atoms with Gasteiger partial charge in [-0.3, -0.25) is 0 Å². The summed E-state index contributed by atoms with van der Waals surface area (Å²) in [6.45, 7) is 0. The van der Waals surface area contributed by atoms with Crippen LogP contribution in [0.1, 0.15) is 17.4 Å². The van der Waals surface area contributed by atoms with Crippen molar-refractivity contribution in [3.05, 3.63) is 58.8 Å². The van der Waals surface area contributed by atoms with E-state index in [4.69, 9.17) is 0 Å². The van der Waals surface area contributed by atoms with Gasteiger partial charge in [0.15, 0.2) is 23.3 Å². The monoisotopic (exact) mass is 264 g/mol. The van der Waals surface area contributed by atoms with Gasteiger partial charge < -0.3 is 9.52 Å². The Hall–Kier alpha value is -1.89. The minimum Gasteiger partial charge on any atom is -0.466 e. The van der Waals surface area contributed by atoms with Crippen molar-refractivity contribution in [3.8, 4) is 0 Å². The quantitative estimate of drug-likeness (QED) is 0.513. The molecule has 1 N–H and O–H groups in total. The first-order valence-electron chi connectivity index (χ1n) is 4.68. The molecule has 0 saturated carbocycles. The number of aliphatic hydroxyl groups is 1. The summed E-state index contributed by atoms with van der Waals surface area (Å²) in [6.07, 6.45) is -0.991. The number of benzene rings is 1. The van der Waals surface area contributed by atoms with E-state index < -0.39 is 40.8 Å². The molecule has 0 radical (unpaired) electrons. The predicted molar refractivity (Wildman–Crippen MR) is 49.0 cm³/mol. The summed E-state index contributed by atoms with van der Waals surface area (Å²) < 4.78 is 69.9. The fourth-order valence-electron chi connectivity index (χ4n) is 1.45. The molecule has 0 amide bonds. The largest absolute Gasteiger partial charge is 0.466 e. The maximum Gasteiger partial charge on any atom is 0.200 e. The Morgan fingerprint density at radius 2 is 1.39 bits per heavy atom. The normalized spacial score (nSPS) is 12.8. The van der Waals surface area contributed by atoms with Crippen LogP contribution >= 0.6 is 0 Å². The average molecular weight is 264 g/mol. The van der Waals surface area contributed by atoms with E-state index in [0.717, 1.165) is 12.3 Å². The molecule has 0 aliphatic rings. The van der Waals surface area contributed by atoms with Crippen LogP contribution in [-0.4, -0.2) is 5.11 Å². The van der Waals surface area contributed by atoms with Gasteiger partial charge in [-0.2, -0.15) is 0 Å². The molecular formula is C11H5F5O2. The smallest absolute Gasteiger partial charge is 0.200 e. The standard InChI is InChI=1S/C11H5F5O2/c12-6-5(11(17)4-2-1-3-18-4)7(13)9(15)10(16)8(6)14/h1-3,11,17H. The molecule has 1 unspecified atom stereocenters. The number of furan rings is 1. The minimum absolute atomic E-state index is 0.335. The van der Waals surface area contributed by atoms with E-state index in [1.165, 1.54) is 6.07 Å². The van der Waals surface area contributed by atoms with Crippen LogP contribution in [0.15, 0.2) is 22.8 Å². The highest BCUT2D eigenvalue weighted by molar-refractivity contribution is 5.30. The van der Waals surface area contributed by atoms with Crippen molar-refractivity contribution in [2.75, 3.05) is 0 Å². The van der Waals surface area contributed by atoms with E-state index in [-0.39, 0.29) is 5.76 Å². The Kier molecular flexibility index (Phi) is 3.08. The van der Waals surface area contributed by atoms with Crippen molar-refractivity contribution >= 4 is 0 Å². The van der Waals surface area contributed by atoms with Gasteiger partial charge in [-0.1, -0.05) is 0 Å². The molecule has 18 heavy (non-hydrogen) atoms. The van der Waals surface area contributed by atoms with Gasteiger partial charge in [0.1, 0.15) is 11.9 Å². The molecular weight excluding hydrogens is 259 g/mol. The summed E-state index contributed by atoms with van der Waals surface area (Å²) in [5.74, 6) is -11.0. The van der Waals surface area contributed by atoms with Crippen LogP contribution in [0.3, 0.4) is 0 Å². The van der Waals surface area contributed by atoms with Gasteiger partial charge in [0.2, 0.25) is 5.82 Å². The molecule has 96 valence electrons. The molecule has 2 nitrogen and oxygen atoms in total. The summed E-state index contributed by atoms with van der Waals surface area (Å²) in [7, 11) is 0. The van der Waals surface area contributed by atoms with E-state index in [9.17, 15) is 27.1 Å². The summed E-state index contributed by atoms with van der Waals surface area (Å²) in [5, 5.41) is 9.55. The van der Waals surface area contributed by atoms with Crippen molar-refractivity contribution in [3.63, 3.8) is 0 Å². The highest BCUT2D eigenvalue weighted by Gasteiger charge is 2.31. The molecule has 0 aliphatic carbocycles. The molecule has 0 saturated heterocycles. The summed E-state index contributed by atoms with van der Waals surface area (Å²) in [6, 6.07) is 2.44. The second-order valence-corrected chi connectivity index (χ2v) is 3.40. The molecule has 7 heteroatoms. The molecule has 2 aromatic rings. The maximum atomic E-state index is 13.3. The topological polar surface area (TPSA) is 33.4 Å². The third kappa shape index (κ3) is 1.76. The average Bonchev–Trinajstić information content (AvgIpc) is 2.88. The van der Waals surface area contributed by atoms with Gasteiger partial charge >= 0.3 is 0 Å². The zero-order valence-electron chi connectivity index (χ0n) is 8.55. The molecule has 0 bridgehead atoms. The molecule has 0 spiro atoms. The first kappa shape index (κ1) is 12.6. The maximum absolute atomic E-state index is 13.3. The number of rotatable bonds is 2. The van der Waals surface area contributed by atoms with Gasteiger partial charge in [0, 0.05) is 0 Å². The Morgan fingerprint density at radius 3 is 1.83 bits per heavy atom. The number of hydrogen-bond acceptors (Lipinski definition) is 2. The van der Waals surface area contributed by atoms with Crippen LogP contribution in [-0.2, 0) is 0 Å². The van der Waals surface area contributed by atoms with Crippen molar-refractivity contribution in [2.24, 2.45) is 0 Å². The van der Waals surface area contributed by atoms with E-state index in [2.05, 4.69) is 4.42 Å². The number of hydrogen-bond donors (Lipinski definition) is 1. The van der Waals surface area contributed by atoms with Crippen LogP contribution in [0.25, 0.3) is 0 Å². The first-order chi connectivity index (χ1) is 8.45. The van der Waals surface area contributed by atoms with E-state index in [1.807, 2.05) is 0 Å². The van der Waals surface area contributed by atoms with Crippen molar-refractivity contribution in [1.29, 1.82) is 0 Å². The van der Waals surface area contributed by atoms with Crippen molar-refractivity contribution in [2.45, 2.75) is 6.10 Å². The number of halogens is 5. The molecule has 1 heterocycles. The molecule has 0 aliphatic heterocycles. The lowest BCUT2D eigenvalue weighted by Crippen LogP contribution is -2.11. The van der Waals surface area contributed by atoms with Gasteiger partial charge in [0.25, 0.3) is 0 Å². The third-order valence-electron chi connectivity index (χ3n) is 2.33. The lowest BCUT2D eigenvalue weighted by molar-refractivity contribution is 0.175. The first-order valence-corrected chi connectivity index (χ1v) is 4.68. The Morgan fingerprint density at radius 1 is 0.889 bits per heavy atom. The lowest BCUT2D eigenvalue weighted by atomic mass is 10.0. The SMILES string of the molecule is OC(c1ccco1)c1c(F)c(F)c(F)c(F)c1F. The summed E-state index contributed by atoms with van der Waals surface area (Å²) in [4.78, 5) is 0. The second kappa shape index (κ2) is 4.41. The zero-order valence-corrected chi connectivity index (χ0v) is 8.55. The second-order valence-electron chi connectivity index (χ2n) is 3.40. The fraction of sp³-hybridized carbons (Fsp3) is 0.0909. The van der Waals surface area contributed by atoms with E-state index >= 15 is 0 Å². The minimum atomic E-state index is -2.28. The van der Waals surface area contributed by atoms with Crippen LogP contribution in [0.4, 0.5) is 22.0 Å². The molecule has 1 atom stereocenters. The van der Waals surface area contributed by atoms with E-state index in [1.54, 1.807) is 0 Å². The fourth-order valence-corrected chi connectivity index (χ4v) is 1.45. The summed E-state index contributed by atoms with van der Waals surface area (Å²) >= 11 is 0. The Balaban J connectivity index is 2.65. The molecule has 2 rings (SSSR count). The van der Waals surface area contributed by atoms with Crippen LogP contribution in [0.5, 0.6) is 0 Å². The Bertz CT molecular complexity index is 551. The van der Waals surface area contributed by atoms with Crippen LogP contribution < -0.4 is 0 Å². The lowest BCUT2D eigenvalue weighted by Gasteiger charge is -2.12. The van der Waals surface area contributed by atoms with Crippen LogP contribution in [0, 0.1) is 29.1 Å². The predicted octanol–water partition coefficient (Wildman–Crippen LogP) is 3.06. The number of aliphatic hydroxyl groups excluding tert-OH is 1. The molecule has 1 aromatic carbocycles. The van der Waals surface area contributed by atoms with Crippen molar-refractivity contribution < 1.29 is 31.5 Å². The summed E-state index contributed by atoms with van der Waals surface area (Å²) in [5.41, 5.74) is -1.35. The molecule has 0 fully saturated rings. The van der Waals surface area contributed by atoms with Gasteiger partial charge in [0.05, 0.1) is 11.8 Å². The van der Waals surface area contributed by atoms with Gasteiger partial charge in [-0.05, 0) is 12.1 Å². The van der Waals surface area contributed by atoms with Gasteiger partial charge in [-0.15, -0.1) is 0 Å². The van der Waals surface area contributed by atoms with Crippen molar-refractivity contribution in [1.82, 2.24) is 0 Å². The van der Waals surface area contributed by atoms with Crippen LogP contribution in [0.2, 0.25) is 0 Å². The highest BCUT2D eigenvalue weighted by Crippen LogP contribution is 2.31. The third-order valence-corrected chi connectivity index (χ3v) is 2.33. The van der Waals surface area contributed by atoms with E-state index in [0.29, 0.717) is 0 Å².